The zero-order chi connectivity index (χ0) is 13.7. The molecule has 5 nitrogen and oxygen atoms in total. The van der Waals surface area contributed by atoms with Gasteiger partial charge in [0, 0.05) is 0 Å². The molecule has 0 saturated heterocycles. The Morgan fingerprint density at radius 2 is 1.84 bits per heavy atom. The van der Waals surface area contributed by atoms with Crippen molar-refractivity contribution in [2.45, 2.75) is 6.61 Å². The van der Waals surface area contributed by atoms with Crippen LogP contribution in [0.3, 0.4) is 0 Å². The maximum atomic E-state index is 10.6. The average molecular weight is 259 g/mol. The summed E-state index contributed by atoms with van der Waals surface area (Å²) in [6.07, 6.45) is 1.40. The molecule has 0 fully saturated rings. The summed E-state index contributed by atoms with van der Waals surface area (Å²) in [5.41, 5.74) is 0.986. The highest BCUT2D eigenvalue weighted by Gasteiger charge is 2.04. The molecule has 0 aliphatic heterocycles. The molecular weight excluding hydrogens is 246 g/mol. The number of carboxylic acid groups (broad SMARTS) is 1. The Bertz CT molecular complexity index is 549. The summed E-state index contributed by atoms with van der Waals surface area (Å²) < 4.78 is 10.6. The lowest BCUT2D eigenvalue weighted by Crippen LogP contribution is -2.01. The van der Waals surface area contributed by atoms with Crippen LogP contribution in [0.25, 0.3) is 0 Å². The van der Waals surface area contributed by atoms with Crippen LogP contribution in [0, 0.1) is 0 Å². The van der Waals surface area contributed by atoms with Crippen molar-refractivity contribution in [2.24, 2.45) is 0 Å². The first-order valence-corrected chi connectivity index (χ1v) is 5.64. The van der Waals surface area contributed by atoms with Crippen LogP contribution >= 0.6 is 0 Å². The lowest BCUT2D eigenvalue weighted by Gasteiger charge is -2.06. The van der Waals surface area contributed by atoms with Crippen molar-refractivity contribution in [2.75, 3.05) is 7.11 Å². The van der Waals surface area contributed by atoms with Crippen LogP contribution in [-0.2, 0) is 6.61 Å². The molecule has 0 radical (unpaired) electrons. The van der Waals surface area contributed by atoms with Crippen LogP contribution in [0.1, 0.15) is 16.1 Å². The molecule has 0 aliphatic carbocycles. The first kappa shape index (κ1) is 12.9. The molecule has 1 N–H and O–H groups in total. The fourth-order valence-corrected chi connectivity index (χ4v) is 1.48. The molecule has 98 valence electrons. The first-order chi connectivity index (χ1) is 9.19. The predicted octanol–water partition coefficient (Wildman–Crippen LogP) is 2.37. The van der Waals surface area contributed by atoms with Gasteiger partial charge in [-0.1, -0.05) is 12.1 Å². The molecule has 1 heterocycles. The maximum absolute atomic E-state index is 10.6. The third-order valence-electron chi connectivity index (χ3n) is 2.52. The highest BCUT2D eigenvalue weighted by Crippen LogP contribution is 2.15. The molecule has 0 spiro atoms. The summed E-state index contributed by atoms with van der Waals surface area (Å²) in [4.78, 5) is 14.4. The summed E-state index contributed by atoms with van der Waals surface area (Å²) in [5.74, 6) is 0.263. The topological polar surface area (TPSA) is 68.7 Å². The number of benzene rings is 1. The van der Waals surface area contributed by atoms with Gasteiger partial charge in [-0.05, 0) is 29.8 Å². The minimum Gasteiger partial charge on any atom is -0.497 e. The van der Waals surface area contributed by atoms with E-state index in [1.807, 2.05) is 24.3 Å². The largest absolute Gasteiger partial charge is 0.497 e. The number of ether oxygens (including phenoxy) is 2. The van der Waals surface area contributed by atoms with Crippen LogP contribution in [0.4, 0.5) is 0 Å². The van der Waals surface area contributed by atoms with Crippen molar-refractivity contribution in [1.82, 2.24) is 4.98 Å². The van der Waals surface area contributed by atoms with Crippen molar-refractivity contribution in [3.8, 4) is 11.5 Å². The zero-order valence-corrected chi connectivity index (χ0v) is 10.4. The SMILES string of the molecule is COc1ccc(COc2ccc(C(=O)O)nc2)cc1. The Kier molecular flexibility index (Phi) is 3.97. The van der Waals surface area contributed by atoms with Gasteiger partial charge in [-0.2, -0.15) is 0 Å². The Balaban J connectivity index is 1.95. The third kappa shape index (κ3) is 3.45. The fraction of sp³-hybridized carbons (Fsp3) is 0.143. The van der Waals surface area contributed by atoms with Crippen molar-refractivity contribution >= 4 is 5.97 Å². The van der Waals surface area contributed by atoms with E-state index < -0.39 is 5.97 Å². The number of methoxy groups -OCH3 is 1. The van der Waals surface area contributed by atoms with Crippen LogP contribution in [0.2, 0.25) is 0 Å². The van der Waals surface area contributed by atoms with E-state index in [2.05, 4.69) is 4.98 Å². The smallest absolute Gasteiger partial charge is 0.354 e. The standard InChI is InChI=1S/C14H13NO4/c1-18-11-4-2-10(3-5-11)9-19-12-6-7-13(14(16)17)15-8-12/h2-8H,9H2,1H3,(H,16,17). The van der Waals surface area contributed by atoms with Crippen LogP contribution in [0.5, 0.6) is 11.5 Å². The number of pyridine rings is 1. The van der Waals surface area contributed by atoms with E-state index in [1.54, 1.807) is 13.2 Å². The number of rotatable bonds is 5. The van der Waals surface area contributed by atoms with Gasteiger partial charge in [-0.3, -0.25) is 0 Å². The summed E-state index contributed by atoms with van der Waals surface area (Å²) in [6, 6.07) is 10.5. The highest BCUT2D eigenvalue weighted by atomic mass is 16.5. The Labute approximate surface area is 110 Å². The van der Waals surface area contributed by atoms with E-state index in [0.29, 0.717) is 12.4 Å². The zero-order valence-electron chi connectivity index (χ0n) is 10.4. The Morgan fingerprint density at radius 1 is 1.16 bits per heavy atom. The van der Waals surface area contributed by atoms with Crippen molar-refractivity contribution in [3.05, 3.63) is 53.9 Å². The molecule has 0 aliphatic rings. The quantitative estimate of drug-likeness (QED) is 0.892. The second-order valence-corrected chi connectivity index (χ2v) is 3.82. The van der Waals surface area contributed by atoms with Gasteiger partial charge in [0.2, 0.25) is 0 Å². The maximum Gasteiger partial charge on any atom is 0.354 e. The number of carbonyl (C=O) groups is 1. The van der Waals surface area contributed by atoms with E-state index in [9.17, 15) is 4.79 Å². The Hall–Kier alpha value is -2.56. The van der Waals surface area contributed by atoms with Gasteiger partial charge < -0.3 is 14.6 Å². The molecule has 0 amide bonds. The molecule has 1 aromatic heterocycles. The van der Waals surface area contributed by atoms with Crippen LogP contribution in [-0.4, -0.2) is 23.2 Å². The summed E-state index contributed by atoms with van der Waals surface area (Å²) >= 11 is 0. The van der Waals surface area contributed by atoms with Gasteiger partial charge in [0.25, 0.3) is 0 Å². The number of hydrogen-bond donors (Lipinski definition) is 1. The van der Waals surface area contributed by atoms with Gasteiger partial charge >= 0.3 is 5.97 Å². The molecule has 1 aromatic carbocycles. The number of nitrogens with zero attached hydrogens (tertiary/aromatic N) is 1. The van der Waals surface area contributed by atoms with Gasteiger partial charge in [0.1, 0.15) is 23.8 Å². The normalized spacial score (nSPS) is 9.95. The van der Waals surface area contributed by atoms with Gasteiger partial charge in [-0.15, -0.1) is 0 Å². The summed E-state index contributed by atoms with van der Waals surface area (Å²) in [6.45, 7) is 0.387. The molecule has 0 bridgehead atoms. The van der Waals surface area contributed by atoms with Gasteiger partial charge in [0.05, 0.1) is 13.3 Å². The third-order valence-corrected chi connectivity index (χ3v) is 2.52. The summed E-state index contributed by atoms with van der Waals surface area (Å²) in [7, 11) is 1.61. The molecule has 0 atom stereocenters. The predicted molar refractivity (Wildman–Crippen MR) is 68.5 cm³/mol. The van der Waals surface area contributed by atoms with Crippen LogP contribution in [0.15, 0.2) is 42.6 Å². The molecule has 5 heteroatoms. The lowest BCUT2D eigenvalue weighted by molar-refractivity contribution is 0.0690. The second-order valence-electron chi connectivity index (χ2n) is 3.82. The van der Waals surface area contributed by atoms with Crippen LogP contribution < -0.4 is 9.47 Å². The monoisotopic (exact) mass is 259 g/mol. The number of aromatic carboxylic acids is 1. The number of aromatic nitrogens is 1. The van der Waals surface area contributed by atoms with E-state index in [1.165, 1.54) is 12.3 Å². The highest BCUT2D eigenvalue weighted by molar-refractivity contribution is 5.85. The molecule has 0 saturated carbocycles. The second kappa shape index (κ2) is 5.86. The molecule has 2 aromatic rings. The van der Waals surface area contributed by atoms with E-state index >= 15 is 0 Å². The fourth-order valence-electron chi connectivity index (χ4n) is 1.48. The minimum absolute atomic E-state index is 0.00297. The van der Waals surface area contributed by atoms with Gasteiger partial charge in [-0.25, -0.2) is 9.78 Å². The first-order valence-electron chi connectivity index (χ1n) is 5.64. The molecule has 0 unspecified atom stereocenters. The molecule has 19 heavy (non-hydrogen) atoms. The van der Waals surface area contributed by atoms with Gasteiger partial charge in [0.15, 0.2) is 0 Å². The van der Waals surface area contributed by atoms with Crippen molar-refractivity contribution in [3.63, 3.8) is 0 Å². The minimum atomic E-state index is -1.05. The molecular formula is C14H13NO4. The Morgan fingerprint density at radius 3 is 2.37 bits per heavy atom. The van der Waals surface area contributed by atoms with E-state index in [0.717, 1.165) is 11.3 Å². The number of hydrogen-bond acceptors (Lipinski definition) is 4. The van der Waals surface area contributed by atoms with E-state index in [4.69, 9.17) is 14.6 Å². The molecule has 2 rings (SSSR count). The van der Waals surface area contributed by atoms with E-state index in [-0.39, 0.29) is 5.69 Å². The average Bonchev–Trinajstić information content (AvgIpc) is 2.46. The number of carboxylic acids is 1. The summed E-state index contributed by atoms with van der Waals surface area (Å²) in [5, 5.41) is 8.72. The lowest BCUT2D eigenvalue weighted by atomic mass is 10.2. The van der Waals surface area contributed by atoms with Crippen molar-refractivity contribution < 1.29 is 19.4 Å². The van der Waals surface area contributed by atoms with Crippen molar-refractivity contribution in [1.29, 1.82) is 0 Å².